The molecule has 0 radical (unpaired) electrons. The molecule has 4 nitrogen and oxygen atoms in total. The molecule has 0 saturated heterocycles. The van der Waals surface area contributed by atoms with Crippen LogP contribution in [0.1, 0.15) is 12.5 Å². The maximum Gasteiger partial charge on any atom is 0.416 e. The van der Waals surface area contributed by atoms with E-state index in [0.717, 1.165) is 12.1 Å². The molecule has 8 heteroatoms. The van der Waals surface area contributed by atoms with Crippen LogP contribution in [-0.2, 0) is 18.0 Å². The van der Waals surface area contributed by atoms with E-state index in [1.165, 1.54) is 23.7 Å². The normalized spacial score (nSPS) is 11.5. The number of hydrogen-bond donors (Lipinski definition) is 0. The number of carbonyl (C=O) groups is 1. The molecule has 0 fully saturated rings. The Morgan fingerprint density at radius 2 is 1.86 bits per heavy atom. The molecule has 0 aliphatic carbocycles. The first kappa shape index (κ1) is 15.8. The van der Waals surface area contributed by atoms with Crippen LogP contribution in [-0.4, -0.2) is 15.7 Å². The number of nitrogens with zero attached hydrogens (tertiary/aromatic N) is 2. The highest BCUT2D eigenvalue weighted by Crippen LogP contribution is 2.34. The molecule has 21 heavy (non-hydrogen) atoms. The SMILES string of the molecule is CC(=O)Oc1c(I)c(-c2ccc(C(F)(F)F)cc2)nn1C. The average molecular weight is 410 g/mol. The van der Waals surface area contributed by atoms with Crippen LogP contribution in [0.5, 0.6) is 5.88 Å². The minimum absolute atomic E-state index is 0.262. The summed E-state index contributed by atoms with van der Waals surface area (Å²) in [5, 5.41) is 4.18. The van der Waals surface area contributed by atoms with E-state index in [4.69, 9.17) is 4.74 Å². The number of benzene rings is 1. The third-order valence-electron chi connectivity index (χ3n) is 2.67. The van der Waals surface area contributed by atoms with E-state index >= 15 is 0 Å². The summed E-state index contributed by atoms with van der Waals surface area (Å²) in [6.07, 6.45) is -4.38. The molecule has 1 aromatic carbocycles. The van der Waals surface area contributed by atoms with Gasteiger partial charge in [-0.05, 0) is 34.7 Å². The maximum atomic E-state index is 12.5. The summed E-state index contributed by atoms with van der Waals surface area (Å²) in [5.41, 5.74) is 0.252. The zero-order chi connectivity index (χ0) is 15.8. The van der Waals surface area contributed by atoms with Crippen LogP contribution in [0.2, 0.25) is 0 Å². The zero-order valence-electron chi connectivity index (χ0n) is 11.0. The average Bonchev–Trinajstić information content (AvgIpc) is 2.65. The van der Waals surface area contributed by atoms with Gasteiger partial charge >= 0.3 is 12.1 Å². The molecule has 1 aromatic heterocycles. The lowest BCUT2D eigenvalue weighted by atomic mass is 10.1. The van der Waals surface area contributed by atoms with Crippen LogP contribution in [0.3, 0.4) is 0 Å². The van der Waals surface area contributed by atoms with E-state index in [0.29, 0.717) is 14.8 Å². The van der Waals surface area contributed by atoms with Crippen molar-refractivity contribution in [2.45, 2.75) is 13.1 Å². The Morgan fingerprint density at radius 3 is 2.33 bits per heavy atom. The summed E-state index contributed by atoms with van der Waals surface area (Å²) in [7, 11) is 1.59. The lowest BCUT2D eigenvalue weighted by molar-refractivity contribution is -0.137. The predicted octanol–water partition coefficient (Wildman–Crippen LogP) is 3.64. The lowest BCUT2D eigenvalue weighted by Gasteiger charge is -2.06. The second kappa shape index (κ2) is 5.66. The Hall–Kier alpha value is -1.58. The molecule has 0 spiro atoms. The molecule has 2 aromatic rings. The Balaban J connectivity index is 2.41. The molecule has 0 aliphatic heterocycles. The highest BCUT2D eigenvalue weighted by atomic mass is 127. The molecule has 0 atom stereocenters. The lowest BCUT2D eigenvalue weighted by Crippen LogP contribution is -2.06. The molecular formula is C13H10F3IN2O2. The number of ether oxygens (including phenoxy) is 1. The highest BCUT2D eigenvalue weighted by Gasteiger charge is 2.30. The third-order valence-corrected chi connectivity index (χ3v) is 3.64. The van der Waals surface area contributed by atoms with Crippen molar-refractivity contribution in [3.8, 4) is 17.1 Å². The zero-order valence-corrected chi connectivity index (χ0v) is 13.2. The van der Waals surface area contributed by atoms with Crippen LogP contribution in [0.4, 0.5) is 13.2 Å². The fourth-order valence-electron chi connectivity index (χ4n) is 1.73. The van der Waals surface area contributed by atoms with Gasteiger partial charge in [-0.25, -0.2) is 4.68 Å². The van der Waals surface area contributed by atoms with Crippen LogP contribution < -0.4 is 4.74 Å². The van der Waals surface area contributed by atoms with Crippen molar-refractivity contribution in [3.63, 3.8) is 0 Å². The number of halogens is 4. The summed E-state index contributed by atoms with van der Waals surface area (Å²) in [4.78, 5) is 11.0. The van der Waals surface area contributed by atoms with Crippen LogP contribution in [0, 0.1) is 3.57 Å². The van der Waals surface area contributed by atoms with Crippen molar-refractivity contribution >= 4 is 28.6 Å². The van der Waals surface area contributed by atoms with E-state index in [1.807, 2.05) is 22.6 Å². The summed E-state index contributed by atoms with van der Waals surface area (Å²) in [6, 6.07) is 4.66. The molecule has 0 aliphatic rings. The van der Waals surface area contributed by atoms with E-state index in [1.54, 1.807) is 7.05 Å². The topological polar surface area (TPSA) is 44.1 Å². The molecule has 112 valence electrons. The van der Waals surface area contributed by atoms with Crippen LogP contribution in [0.25, 0.3) is 11.3 Å². The number of hydrogen-bond acceptors (Lipinski definition) is 3. The third kappa shape index (κ3) is 3.36. The first-order chi connectivity index (χ1) is 9.70. The first-order valence-corrected chi connectivity index (χ1v) is 6.86. The first-order valence-electron chi connectivity index (χ1n) is 5.78. The monoisotopic (exact) mass is 410 g/mol. The van der Waals surface area contributed by atoms with Crippen LogP contribution in [0.15, 0.2) is 24.3 Å². The number of esters is 1. The Bertz CT molecular complexity index is 678. The molecule has 0 N–H and O–H groups in total. The van der Waals surface area contributed by atoms with Crippen molar-refractivity contribution < 1.29 is 22.7 Å². The second-order valence-corrected chi connectivity index (χ2v) is 5.34. The van der Waals surface area contributed by atoms with Gasteiger partial charge in [0.15, 0.2) is 0 Å². The second-order valence-electron chi connectivity index (χ2n) is 4.26. The molecular weight excluding hydrogens is 400 g/mol. The van der Waals surface area contributed by atoms with Gasteiger partial charge in [0.2, 0.25) is 5.88 Å². The number of aryl methyl sites for hydroxylation is 1. The van der Waals surface area contributed by atoms with Gasteiger partial charge < -0.3 is 4.74 Å². The Labute approximate surface area is 132 Å². The van der Waals surface area contributed by atoms with Gasteiger partial charge in [0.1, 0.15) is 9.26 Å². The fourth-order valence-corrected chi connectivity index (χ4v) is 2.61. The van der Waals surface area contributed by atoms with Gasteiger partial charge in [0, 0.05) is 19.5 Å². The van der Waals surface area contributed by atoms with Gasteiger partial charge in [-0.2, -0.15) is 18.3 Å². The van der Waals surface area contributed by atoms with Gasteiger partial charge in [-0.1, -0.05) is 12.1 Å². The van der Waals surface area contributed by atoms with Crippen molar-refractivity contribution in [2.24, 2.45) is 7.05 Å². The smallest absolute Gasteiger partial charge is 0.407 e. The van der Waals surface area contributed by atoms with E-state index < -0.39 is 17.7 Å². The van der Waals surface area contributed by atoms with Crippen molar-refractivity contribution in [3.05, 3.63) is 33.4 Å². The quantitative estimate of drug-likeness (QED) is 0.561. The minimum Gasteiger partial charge on any atom is -0.407 e. The number of carbonyl (C=O) groups excluding carboxylic acids is 1. The summed E-state index contributed by atoms with van der Waals surface area (Å²) in [6.45, 7) is 1.26. The molecule has 0 saturated carbocycles. The van der Waals surface area contributed by atoms with E-state index in [2.05, 4.69) is 5.10 Å². The Morgan fingerprint density at radius 1 is 1.29 bits per heavy atom. The van der Waals surface area contributed by atoms with Crippen LogP contribution >= 0.6 is 22.6 Å². The largest absolute Gasteiger partial charge is 0.416 e. The molecule has 0 unspecified atom stereocenters. The summed E-state index contributed by atoms with van der Waals surface area (Å²) >= 11 is 1.94. The minimum atomic E-state index is -4.38. The number of alkyl halides is 3. The van der Waals surface area contributed by atoms with Crippen molar-refractivity contribution in [2.75, 3.05) is 0 Å². The van der Waals surface area contributed by atoms with Gasteiger partial charge in [-0.3, -0.25) is 4.79 Å². The standard InChI is InChI=1S/C13H10F3IN2O2/c1-7(20)21-12-10(17)11(18-19(12)2)8-3-5-9(6-4-8)13(14,15)16/h3-6H,1-2H3. The molecule has 1 heterocycles. The maximum absolute atomic E-state index is 12.5. The summed E-state index contributed by atoms with van der Waals surface area (Å²) < 4.78 is 44.6. The van der Waals surface area contributed by atoms with E-state index in [-0.39, 0.29) is 5.88 Å². The van der Waals surface area contributed by atoms with Crippen molar-refractivity contribution in [1.29, 1.82) is 0 Å². The number of aromatic nitrogens is 2. The number of rotatable bonds is 2. The van der Waals surface area contributed by atoms with Gasteiger partial charge in [0.05, 0.1) is 5.56 Å². The summed E-state index contributed by atoms with van der Waals surface area (Å²) in [5.74, 6) is -0.229. The highest BCUT2D eigenvalue weighted by molar-refractivity contribution is 14.1. The predicted molar refractivity (Wildman–Crippen MR) is 77.7 cm³/mol. The van der Waals surface area contributed by atoms with Gasteiger partial charge in [0.25, 0.3) is 0 Å². The molecule has 0 bridgehead atoms. The van der Waals surface area contributed by atoms with Gasteiger partial charge in [-0.15, -0.1) is 0 Å². The molecule has 2 rings (SSSR count). The molecule has 0 amide bonds. The van der Waals surface area contributed by atoms with E-state index in [9.17, 15) is 18.0 Å². The van der Waals surface area contributed by atoms with Crippen molar-refractivity contribution in [1.82, 2.24) is 9.78 Å². The Kier molecular flexibility index (Phi) is 4.26. The fraction of sp³-hybridized carbons (Fsp3) is 0.231.